The maximum atomic E-state index is 12.7. The Labute approximate surface area is 204 Å². The highest BCUT2D eigenvalue weighted by Crippen LogP contribution is 2.25. The number of likely N-dealkylation sites (tertiary alicyclic amines) is 1. The normalized spacial score (nSPS) is 16.5. The lowest BCUT2D eigenvalue weighted by molar-refractivity contribution is -0.612. The number of oxime groups is 1. The Kier molecular flexibility index (Phi) is 8.86. The molecule has 0 bridgehead atoms. The number of nitrogens with one attached hydrogen (secondary N) is 1. The van der Waals surface area contributed by atoms with Crippen LogP contribution in [0.1, 0.15) is 53.9 Å². The molecule has 178 valence electrons. The first kappa shape index (κ1) is 25.2. The van der Waals surface area contributed by atoms with Gasteiger partial charge in [-0.15, -0.1) is 0 Å². The summed E-state index contributed by atoms with van der Waals surface area (Å²) in [6.45, 7) is 10.5. The van der Waals surface area contributed by atoms with Gasteiger partial charge in [-0.3, -0.25) is 9.69 Å². The van der Waals surface area contributed by atoms with Crippen LogP contribution in [0.2, 0.25) is 0 Å². The van der Waals surface area contributed by atoms with Gasteiger partial charge >= 0.3 is 0 Å². The van der Waals surface area contributed by atoms with Crippen molar-refractivity contribution in [1.82, 2.24) is 10.2 Å². The molecule has 2 heterocycles. The highest BCUT2D eigenvalue weighted by molar-refractivity contribution is 9.10. The van der Waals surface area contributed by atoms with Crippen LogP contribution < -0.4 is 10.0 Å². The second-order valence-corrected chi connectivity index (χ2v) is 9.47. The Morgan fingerprint density at radius 3 is 2.58 bits per heavy atom. The van der Waals surface area contributed by atoms with Crippen LogP contribution in [0.15, 0.2) is 46.2 Å². The molecule has 1 aromatic heterocycles. The summed E-state index contributed by atoms with van der Waals surface area (Å²) in [4.78, 5) is 20.6. The van der Waals surface area contributed by atoms with Crippen LogP contribution in [0.25, 0.3) is 0 Å². The molecule has 1 aliphatic heterocycles. The van der Waals surface area contributed by atoms with Crippen molar-refractivity contribution in [3.63, 3.8) is 0 Å². The van der Waals surface area contributed by atoms with Crippen LogP contribution in [-0.2, 0) is 4.84 Å². The molecular formula is C25H33BrN4O3. The van der Waals surface area contributed by atoms with E-state index >= 15 is 0 Å². The fourth-order valence-electron chi connectivity index (χ4n) is 4.30. The van der Waals surface area contributed by atoms with Gasteiger partial charge in [0.25, 0.3) is 5.91 Å². The van der Waals surface area contributed by atoms with E-state index < -0.39 is 0 Å². The number of aryl methyl sites for hydroxylation is 1. The van der Waals surface area contributed by atoms with Crippen molar-refractivity contribution in [2.45, 2.75) is 46.6 Å². The molecule has 3 rings (SSSR count). The van der Waals surface area contributed by atoms with E-state index in [4.69, 9.17) is 4.84 Å². The summed E-state index contributed by atoms with van der Waals surface area (Å²) in [5, 5.41) is 19.3. The number of pyridine rings is 1. The van der Waals surface area contributed by atoms with Gasteiger partial charge in [0, 0.05) is 36.0 Å². The fourth-order valence-corrected chi connectivity index (χ4v) is 4.57. The molecule has 0 aliphatic carbocycles. The average molecular weight is 517 g/mol. The van der Waals surface area contributed by atoms with Gasteiger partial charge in [-0.05, 0) is 70.0 Å². The molecule has 1 N–H and O–H groups in total. The second kappa shape index (κ2) is 11.6. The summed E-state index contributed by atoms with van der Waals surface area (Å²) in [6, 6.07) is 10.1. The minimum atomic E-state index is -0.196. The monoisotopic (exact) mass is 516 g/mol. The van der Waals surface area contributed by atoms with Crippen LogP contribution in [0.4, 0.5) is 0 Å². The number of nitrogens with zero attached hydrogens (tertiary/aromatic N) is 3. The molecule has 33 heavy (non-hydrogen) atoms. The third-order valence-electron chi connectivity index (χ3n) is 6.30. The molecule has 0 spiro atoms. The number of hydrogen-bond acceptors (Lipinski definition) is 5. The van der Waals surface area contributed by atoms with Crippen LogP contribution in [0, 0.1) is 25.0 Å². The van der Waals surface area contributed by atoms with Crippen molar-refractivity contribution in [1.29, 1.82) is 0 Å². The molecule has 1 fully saturated rings. The van der Waals surface area contributed by atoms with Gasteiger partial charge in [0.2, 0.25) is 5.69 Å². The van der Waals surface area contributed by atoms with E-state index in [0.29, 0.717) is 30.3 Å². The number of hydrogen-bond donors (Lipinski definition) is 1. The van der Waals surface area contributed by atoms with Gasteiger partial charge in [-0.25, -0.2) is 0 Å². The highest BCUT2D eigenvalue weighted by atomic mass is 79.9. The van der Waals surface area contributed by atoms with Gasteiger partial charge in [-0.1, -0.05) is 33.2 Å². The minimum Gasteiger partial charge on any atom is -0.618 e. The Balaban J connectivity index is 1.58. The lowest BCUT2D eigenvalue weighted by Gasteiger charge is -2.36. The van der Waals surface area contributed by atoms with Crippen molar-refractivity contribution in [2.75, 3.05) is 26.2 Å². The van der Waals surface area contributed by atoms with E-state index in [0.717, 1.165) is 52.0 Å². The summed E-state index contributed by atoms with van der Waals surface area (Å²) in [7, 11) is 0. The predicted molar refractivity (Wildman–Crippen MR) is 133 cm³/mol. The van der Waals surface area contributed by atoms with E-state index in [1.807, 2.05) is 26.0 Å². The van der Waals surface area contributed by atoms with E-state index in [-0.39, 0.29) is 11.9 Å². The molecule has 1 aromatic carbocycles. The number of benzene rings is 1. The third-order valence-corrected chi connectivity index (χ3v) is 6.83. The molecule has 7 nitrogen and oxygen atoms in total. The molecule has 1 unspecified atom stereocenters. The summed E-state index contributed by atoms with van der Waals surface area (Å²) in [5.41, 5.74) is 3.79. The Morgan fingerprint density at radius 2 is 1.94 bits per heavy atom. The third kappa shape index (κ3) is 6.32. The van der Waals surface area contributed by atoms with Crippen molar-refractivity contribution >= 4 is 27.5 Å². The average Bonchev–Trinajstić information content (AvgIpc) is 2.82. The first-order valence-electron chi connectivity index (χ1n) is 11.5. The zero-order chi connectivity index (χ0) is 24.0. The first-order valence-corrected chi connectivity index (χ1v) is 12.3. The highest BCUT2D eigenvalue weighted by Gasteiger charge is 2.28. The summed E-state index contributed by atoms with van der Waals surface area (Å²) >= 11 is 3.49. The molecular weight excluding hydrogens is 484 g/mol. The molecule has 0 radical (unpaired) electrons. The zero-order valence-electron chi connectivity index (χ0n) is 19.8. The second-order valence-electron chi connectivity index (χ2n) is 8.56. The molecule has 8 heteroatoms. The molecule has 0 saturated carbocycles. The summed E-state index contributed by atoms with van der Waals surface area (Å²) < 4.78 is 1.78. The minimum absolute atomic E-state index is 0.193. The van der Waals surface area contributed by atoms with Crippen LogP contribution in [-0.4, -0.2) is 48.8 Å². The van der Waals surface area contributed by atoms with E-state index in [1.165, 1.54) is 6.20 Å². The molecule has 1 aliphatic rings. The number of rotatable bonds is 8. The van der Waals surface area contributed by atoms with Crippen molar-refractivity contribution < 1.29 is 14.4 Å². The number of halogens is 1. The van der Waals surface area contributed by atoms with E-state index in [9.17, 15) is 10.0 Å². The van der Waals surface area contributed by atoms with Crippen LogP contribution in [0.5, 0.6) is 0 Å². The first-order chi connectivity index (χ1) is 15.8. The lowest BCUT2D eigenvalue weighted by Crippen LogP contribution is -2.47. The largest absolute Gasteiger partial charge is 0.618 e. The number of carbonyl (C=O) groups excluding carboxylic acids is 1. The van der Waals surface area contributed by atoms with Gasteiger partial charge in [0.15, 0.2) is 6.20 Å². The smallest absolute Gasteiger partial charge is 0.258 e. The van der Waals surface area contributed by atoms with E-state index in [2.05, 4.69) is 50.4 Å². The maximum absolute atomic E-state index is 12.7. The molecule has 1 atom stereocenters. The van der Waals surface area contributed by atoms with Gasteiger partial charge in [-0.2, -0.15) is 4.73 Å². The van der Waals surface area contributed by atoms with Gasteiger partial charge in [0.1, 0.15) is 12.2 Å². The Bertz CT molecular complexity index is 986. The van der Waals surface area contributed by atoms with Gasteiger partial charge < -0.3 is 15.4 Å². The van der Waals surface area contributed by atoms with E-state index in [1.54, 1.807) is 13.0 Å². The summed E-state index contributed by atoms with van der Waals surface area (Å²) in [6.07, 6.45) is 3.40. The van der Waals surface area contributed by atoms with Crippen molar-refractivity contribution in [2.24, 2.45) is 11.1 Å². The Hall–Kier alpha value is -2.45. The topological polar surface area (TPSA) is 80.9 Å². The number of carbonyl (C=O) groups is 1. The molecule has 1 amide bonds. The summed E-state index contributed by atoms with van der Waals surface area (Å²) in [5.74, 6) is 0.135. The fraction of sp³-hybridized carbons (Fsp3) is 0.480. The number of piperidine rings is 1. The quantitative estimate of drug-likeness (QED) is 0.249. The molecule has 1 saturated heterocycles. The van der Waals surface area contributed by atoms with Crippen LogP contribution in [0.3, 0.4) is 0 Å². The van der Waals surface area contributed by atoms with Crippen LogP contribution >= 0.6 is 15.9 Å². The standard InChI is InChI=1S/C25H33BrN4O3/c1-5-33-28-24(20-6-8-22(26)9-7-20)21-11-13-29(14-12-21)18(3)16-27-25(31)23-17(2)10-15-30(32)19(23)4/h6-10,15,18,21H,5,11-14,16H2,1-4H3,(H,27,31)/b28-24+. The maximum Gasteiger partial charge on any atom is 0.258 e. The number of amides is 1. The number of aromatic nitrogens is 1. The SMILES string of the molecule is CCO/N=C(\c1ccc(Br)cc1)C1CCN(C(C)CNC(=O)c2c(C)cc[n+]([O-])c2C)CC1. The van der Waals surface area contributed by atoms with Crippen molar-refractivity contribution in [3.05, 3.63) is 68.6 Å². The Morgan fingerprint density at radius 1 is 1.27 bits per heavy atom. The zero-order valence-corrected chi connectivity index (χ0v) is 21.4. The predicted octanol–water partition coefficient (Wildman–Crippen LogP) is 3.97. The van der Waals surface area contributed by atoms with Gasteiger partial charge in [0.05, 0.1) is 5.71 Å². The molecule has 2 aromatic rings. The lowest BCUT2D eigenvalue weighted by atomic mass is 9.87. The van der Waals surface area contributed by atoms with Crippen molar-refractivity contribution in [3.8, 4) is 0 Å².